The molecule has 0 fully saturated rings. The Morgan fingerprint density at radius 3 is 2.33 bits per heavy atom. The summed E-state index contributed by atoms with van der Waals surface area (Å²) in [6, 6.07) is 1.78. The molecule has 0 aromatic carbocycles. The number of hydrogen-bond donors (Lipinski definition) is 0. The van der Waals surface area contributed by atoms with Crippen LogP contribution in [-0.2, 0) is 0 Å². The summed E-state index contributed by atoms with van der Waals surface area (Å²) in [7, 11) is 0. The molecule has 0 bridgehead atoms. The molecule has 0 amide bonds. The zero-order chi connectivity index (χ0) is 11.0. The van der Waals surface area contributed by atoms with Crippen molar-refractivity contribution in [3.05, 3.63) is 32.0 Å². The fourth-order valence-corrected chi connectivity index (χ4v) is 1.76. The molecule has 6 heteroatoms. The van der Waals surface area contributed by atoms with Crippen LogP contribution in [0.3, 0.4) is 0 Å². The van der Waals surface area contributed by atoms with Crippen molar-refractivity contribution in [2.45, 2.75) is 6.92 Å². The maximum absolute atomic E-state index is 5.91. The largest absolute Gasteiger partial charge is 0.469 e. The van der Waals surface area contributed by atoms with Crippen LogP contribution in [0.1, 0.15) is 5.76 Å². The summed E-state index contributed by atoms with van der Waals surface area (Å²) >= 11 is 13.8. The van der Waals surface area contributed by atoms with Crippen molar-refractivity contribution in [3.63, 3.8) is 0 Å². The Morgan fingerprint density at radius 2 is 1.87 bits per heavy atom. The third kappa shape index (κ3) is 2.11. The summed E-state index contributed by atoms with van der Waals surface area (Å²) in [5.41, 5.74) is 0.801. The maximum atomic E-state index is 5.91. The van der Waals surface area contributed by atoms with Gasteiger partial charge in [-0.15, -0.1) is 0 Å². The molecule has 0 saturated carbocycles. The van der Waals surface area contributed by atoms with Gasteiger partial charge < -0.3 is 4.42 Å². The molecule has 0 aliphatic carbocycles. The van der Waals surface area contributed by atoms with E-state index in [1.54, 1.807) is 12.3 Å². The zero-order valence-corrected chi connectivity index (χ0v) is 11.3. The van der Waals surface area contributed by atoms with Gasteiger partial charge in [0, 0.05) is 0 Å². The third-order valence-corrected chi connectivity index (χ3v) is 4.08. The Kier molecular flexibility index (Phi) is 3.18. The Balaban J connectivity index is 2.60. The average molecular weight is 355 g/mol. The van der Waals surface area contributed by atoms with Crippen LogP contribution < -0.4 is 0 Å². The van der Waals surface area contributed by atoms with Gasteiger partial charge in [-0.1, -0.05) is 23.2 Å². The van der Waals surface area contributed by atoms with Crippen molar-refractivity contribution >= 4 is 45.8 Å². The van der Waals surface area contributed by atoms with E-state index in [9.17, 15) is 0 Å². The van der Waals surface area contributed by atoms with Crippen molar-refractivity contribution in [3.8, 4) is 11.4 Å². The Bertz CT molecular complexity index is 490. The first-order chi connectivity index (χ1) is 7.09. The summed E-state index contributed by atoms with van der Waals surface area (Å²) in [5, 5.41) is 0.706. The summed E-state index contributed by atoms with van der Waals surface area (Å²) in [6.45, 7) is 1.83. The smallest absolute Gasteiger partial charge is 0.166 e. The molecule has 2 aromatic rings. The minimum atomic E-state index is 0.353. The second-order valence-corrected chi connectivity index (χ2v) is 4.63. The predicted octanol–water partition coefficient (Wildman–Crippen LogP) is 3.96. The lowest BCUT2D eigenvalue weighted by molar-refractivity contribution is 0.535. The fraction of sp³-hybridized carbons (Fsp3) is 0.111. The molecule has 3 nitrogen and oxygen atoms in total. The van der Waals surface area contributed by atoms with Gasteiger partial charge in [0.15, 0.2) is 5.82 Å². The molecule has 2 aromatic heterocycles. The van der Waals surface area contributed by atoms with Crippen molar-refractivity contribution in [1.29, 1.82) is 0 Å². The van der Waals surface area contributed by atoms with Gasteiger partial charge in [-0.05, 0) is 35.6 Å². The first kappa shape index (κ1) is 11.2. The number of hydrogen-bond acceptors (Lipinski definition) is 3. The standard InChI is InChI=1S/C9H5Cl2IN2O/c1-4-5(2-3-15-4)9-13-7(10)6(12)8(11)14-9/h2-3H,1H3. The average Bonchev–Trinajstić information content (AvgIpc) is 2.60. The van der Waals surface area contributed by atoms with E-state index in [-0.39, 0.29) is 0 Å². The summed E-state index contributed by atoms with van der Waals surface area (Å²) in [5.74, 6) is 1.22. The second kappa shape index (κ2) is 4.27. The van der Waals surface area contributed by atoms with Gasteiger partial charge in [-0.3, -0.25) is 0 Å². The van der Waals surface area contributed by atoms with Gasteiger partial charge in [-0.25, -0.2) is 9.97 Å². The number of rotatable bonds is 1. The Hall–Kier alpha value is -0.330. The molecule has 0 unspecified atom stereocenters. The highest BCUT2D eigenvalue weighted by atomic mass is 127. The van der Waals surface area contributed by atoms with Gasteiger partial charge in [0.05, 0.1) is 15.4 Å². The summed E-state index contributed by atoms with van der Waals surface area (Å²) < 4.78 is 5.81. The first-order valence-corrected chi connectivity index (χ1v) is 5.86. The van der Waals surface area contributed by atoms with E-state index in [0.29, 0.717) is 19.7 Å². The van der Waals surface area contributed by atoms with Gasteiger partial charge in [-0.2, -0.15) is 0 Å². The van der Waals surface area contributed by atoms with Gasteiger partial charge >= 0.3 is 0 Å². The zero-order valence-electron chi connectivity index (χ0n) is 7.59. The van der Waals surface area contributed by atoms with E-state index >= 15 is 0 Å². The Labute approximate surface area is 110 Å². The number of halogens is 3. The lowest BCUT2D eigenvalue weighted by Crippen LogP contribution is -1.93. The molecule has 0 saturated heterocycles. The fourth-order valence-electron chi connectivity index (χ4n) is 1.13. The molecule has 0 N–H and O–H groups in total. The van der Waals surface area contributed by atoms with Crippen LogP contribution in [0.4, 0.5) is 0 Å². The molecule has 2 heterocycles. The van der Waals surface area contributed by atoms with Gasteiger partial charge in [0.2, 0.25) is 0 Å². The van der Waals surface area contributed by atoms with E-state index in [4.69, 9.17) is 27.6 Å². The highest BCUT2D eigenvalue weighted by Crippen LogP contribution is 2.28. The predicted molar refractivity (Wildman–Crippen MR) is 67.2 cm³/mol. The van der Waals surface area contributed by atoms with Crippen LogP contribution in [-0.4, -0.2) is 9.97 Å². The van der Waals surface area contributed by atoms with Crippen LogP contribution in [0.2, 0.25) is 10.3 Å². The molecule has 0 radical (unpaired) electrons. The Morgan fingerprint density at radius 1 is 1.27 bits per heavy atom. The van der Waals surface area contributed by atoms with Crippen molar-refractivity contribution in [1.82, 2.24) is 9.97 Å². The van der Waals surface area contributed by atoms with E-state index in [1.807, 2.05) is 29.5 Å². The van der Waals surface area contributed by atoms with Crippen LogP contribution in [0.25, 0.3) is 11.4 Å². The summed E-state index contributed by atoms with van der Waals surface area (Å²) in [4.78, 5) is 8.28. The molecule has 2 rings (SSSR count). The van der Waals surface area contributed by atoms with E-state index in [1.165, 1.54) is 0 Å². The van der Waals surface area contributed by atoms with Crippen molar-refractivity contribution in [2.24, 2.45) is 0 Å². The molecular weight excluding hydrogens is 350 g/mol. The van der Waals surface area contributed by atoms with Gasteiger partial charge in [0.1, 0.15) is 16.1 Å². The quantitative estimate of drug-likeness (QED) is 0.574. The number of aryl methyl sites for hydroxylation is 1. The highest BCUT2D eigenvalue weighted by Gasteiger charge is 2.13. The monoisotopic (exact) mass is 354 g/mol. The minimum absolute atomic E-state index is 0.353. The lowest BCUT2D eigenvalue weighted by Gasteiger charge is -2.02. The molecule has 15 heavy (non-hydrogen) atoms. The van der Waals surface area contributed by atoms with Crippen LogP contribution in [0.15, 0.2) is 16.7 Å². The summed E-state index contributed by atoms with van der Waals surface area (Å²) in [6.07, 6.45) is 1.58. The van der Waals surface area contributed by atoms with Crippen LogP contribution in [0, 0.1) is 10.5 Å². The van der Waals surface area contributed by atoms with Gasteiger partial charge in [0.25, 0.3) is 0 Å². The van der Waals surface area contributed by atoms with Crippen LogP contribution >= 0.6 is 45.8 Å². The molecular formula is C9H5Cl2IN2O. The molecule has 78 valence electrons. The van der Waals surface area contributed by atoms with E-state index in [2.05, 4.69) is 9.97 Å². The SMILES string of the molecule is Cc1occc1-c1nc(Cl)c(I)c(Cl)n1. The molecule has 0 spiro atoms. The van der Waals surface area contributed by atoms with Crippen molar-refractivity contribution < 1.29 is 4.42 Å². The second-order valence-electron chi connectivity index (χ2n) is 2.83. The van der Waals surface area contributed by atoms with E-state index < -0.39 is 0 Å². The number of aromatic nitrogens is 2. The topological polar surface area (TPSA) is 38.9 Å². The normalized spacial score (nSPS) is 10.7. The maximum Gasteiger partial charge on any atom is 0.166 e. The van der Waals surface area contributed by atoms with Crippen LogP contribution in [0.5, 0.6) is 0 Å². The highest BCUT2D eigenvalue weighted by molar-refractivity contribution is 14.1. The first-order valence-electron chi connectivity index (χ1n) is 4.02. The minimum Gasteiger partial charge on any atom is -0.469 e. The number of furan rings is 1. The lowest BCUT2D eigenvalue weighted by atomic mass is 10.2. The molecule has 0 aliphatic heterocycles. The van der Waals surface area contributed by atoms with E-state index in [0.717, 1.165) is 11.3 Å². The third-order valence-electron chi connectivity index (χ3n) is 1.87. The number of nitrogens with zero attached hydrogens (tertiary/aromatic N) is 2. The van der Waals surface area contributed by atoms with Crippen molar-refractivity contribution in [2.75, 3.05) is 0 Å². The molecule has 0 atom stereocenters. The molecule has 0 aliphatic rings.